The zero-order chi connectivity index (χ0) is 24.6. The molecule has 2 aromatic carbocycles. The van der Waals surface area contributed by atoms with E-state index in [0.29, 0.717) is 19.1 Å². The molecule has 0 heterocycles. The number of nitrogens with one attached hydrogen (secondary N) is 1. The predicted molar refractivity (Wildman–Crippen MR) is 137 cm³/mol. The van der Waals surface area contributed by atoms with Crippen molar-refractivity contribution in [1.29, 1.82) is 0 Å². The van der Waals surface area contributed by atoms with Crippen molar-refractivity contribution in [2.75, 3.05) is 19.8 Å². The van der Waals surface area contributed by atoms with E-state index in [1.54, 1.807) is 13.0 Å². The van der Waals surface area contributed by atoms with Crippen LogP contribution in [0.5, 0.6) is 0 Å². The van der Waals surface area contributed by atoms with Crippen molar-refractivity contribution < 1.29 is 19.4 Å². The van der Waals surface area contributed by atoms with E-state index in [-0.39, 0.29) is 24.2 Å². The maximum absolute atomic E-state index is 11.7. The molecule has 0 unspecified atom stereocenters. The molecule has 34 heavy (non-hydrogen) atoms. The average molecular weight is 466 g/mol. The van der Waals surface area contributed by atoms with Gasteiger partial charge in [-0.15, -0.1) is 0 Å². The molecule has 0 bridgehead atoms. The smallest absolute Gasteiger partial charge is 0.330 e. The summed E-state index contributed by atoms with van der Waals surface area (Å²) in [6, 6.07) is 16.5. The Morgan fingerprint density at radius 1 is 1.15 bits per heavy atom. The van der Waals surface area contributed by atoms with E-state index >= 15 is 0 Å². The van der Waals surface area contributed by atoms with E-state index in [9.17, 15) is 9.90 Å². The first kappa shape index (κ1) is 26.1. The molecule has 2 atom stereocenters. The molecule has 2 aromatic rings. The first-order valence-corrected chi connectivity index (χ1v) is 12.3. The summed E-state index contributed by atoms with van der Waals surface area (Å²) in [4.78, 5) is 11.7. The molecule has 0 aliphatic heterocycles. The summed E-state index contributed by atoms with van der Waals surface area (Å²) < 4.78 is 10.9. The minimum absolute atomic E-state index is 0.0657. The van der Waals surface area contributed by atoms with Crippen LogP contribution < -0.4 is 5.32 Å². The van der Waals surface area contributed by atoms with Gasteiger partial charge >= 0.3 is 5.97 Å². The normalized spacial score (nSPS) is 15.9. The highest BCUT2D eigenvalue weighted by atomic mass is 16.5. The highest BCUT2D eigenvalue weighted by molar-refractivity contribution is 5.87. The van der Waals surface area contributed by atoms with Crippen LogP contribution in [0.25, 0.3) is 6.08 Å². The Hall–Kier alpha value is -2.47. The van der Waals surface area contributed by atoms with Crippen LogP contribution in [0.15, 0.2) is 54.6 Å². The lowest BCUT2D eigenvalue weighted by atomic mass is 9.88. The summed E-state index contributed by atoms with van der Waals surface area (Å²) >= 11 is 0. The fraction of sp³-hybridized carbons (Fsp3) is 0.483. The molecule has 0 saturated carbocycles. The second-order valence-electron chi connectivity index (χ2n) is 9.86. The number of benzene rings is 2. The first-order valence-electron chi connectivity index (χ1n) is 12.3. The zero-order valence-corrected chi connectivity index (χ0v) is 20.9. The lowest BCUT2D eigenvalue weighted by Gasteiger charge is -2.31. The van der Waals surface area contributed by atoms with Crippen molar-refractivity contribution in [3.63, 3.8) is 0 Å². The molecule has 5 nitrogen and oxygen atoms in total. The average Bonchev–Trinajstić information content (AvgIpc) is 3.22. The van der Waals surface area contributed by atoms with E-state index in [2.05, 4.69) is 43.4 Å². The van der Waals surface area contributed by atoms with Gasteiger partial charge in [-0.2, -0.15) is 0 Å². The molecule has 0 radical (unpaired) electrons. The number of fused-ring (bicyclic) bond motifs is 1. The van der Waals surface area contributed by atoms with E-state index in [0.717, 1.165) is 30.4 Å². The van der Waals surface area contributed by atoms with Gasteiger partial charge in [0, 0.05) is 18.2 Å². The van der Waals surface area contributed by atoms with Gasteiger partial charge in [0.05, 0.1) is 25.4 Å². The minimum atomic E-state index is -0.607. The van der Waals surface area contributed by atoms with Crippen LogP contribution in [0, 0.1) is 5.92 Å². The summed E-state index contributed by atoms with van der Waals surface area (Å²) in [7, 11) is 0. The van der Waals surface area contributed by atoms with Crippen LogP contribution in [0.2, 0.25) is 0 Å². The Labute approximate surface area is 204 Å². The Morgan fingerprint density at radius 2 is 1.79 bits per heavy atom. The third kappa shape index (κ3) is 7.79. The van der Waals surface area contributed by atoms with Gasteiger partial charge in [0.1, 0.15) is 0 Å². The Balaban J connectivity index is 1.45. The van der Waals surface area contributed by atoms with Crippen molar-refractivity contribution in [1.82, 2.24) is 5.32 Å². The SMILES string of the molecule is CCOC(=O)C=Cc1ccccc1[C@@H](C)OC[C@H](O)CNC(C)(C)CC1Cc2ccccc2C1. The molecule has 5 heteroatoms. The fourth-order valence-electron chi connectivity index (χ4n) is 4.77. The number of rotatable bonds is 12. The number of carbonyl (C=O) groups excluding carboxylic acids is 1. The van der Waals surface area contributed by atoms with Gasteiger partial charge in [0.2, 0.25) is 0 Å². The van der Waals surface area contributed by atoms with E-state index < -0.39 is 6.10 Å². The molecular formula is C29H39NO4. The number of ether oxygens (including phenoxy) is 2. The Bertz CT molecular complexity index is 943. The molecule has 0 saturated heterocycles. The summed E-state index contributed by atoms with van der Waals surface area (Å²) in [6.45, 7) is 9.21. The van der Waals surface area contributed by atoms with Crippen molar-refractivity contribution >= 4 is 12.0 Å². The highest BCUT2D eigenvalue weighted by Gasteiger charge is 2.28. The summed E-state index contributed by atoms with van der Waals surface area (Å²) in [5.41, 5.74) is 4.74. The minimum Gasteiger partial charge on any atom is -0.463 e. The third-order valence-corrected chi connectivity index (χ3v) is 6.41. The molecule has 3 rings (SSSR count). The molecule has 184 valence electrons. The maximum atomic E-state index is 11.7. The van der Waals surface area contributed by atoms with Crippen molar-refractivity contribution in [2.45, 2.75) is 64.7 Å². The van der Waals surface area contributed by atoms with E-state index in [4.69, 9.17) is 9.47 Å². The van der Waals surface area contributed by atoms with Crippen LogP contribution in [0.3, 0.4) is 0 Å². The van der Waals surface area contributed by atoms with E-state index in [1.165, 1.54) is 17.2 Å². The zero-order valence-electron chi connectivity index (χ0n) is 20.9. The molecule has 0 spiro atoms. The second-order valence-corrected chi connectivity index (χ2v) is 9.86. The molecule has 0 aromatic heterocycles. The largest absolute Gasteiger partial charge is 0.463 e. The number of carbonyl (C=O) groups is 1. The van der Waals surface area contributed by atoms with Crippen LogP contribution in [0.4, 0.5) is 0 Å². The summed E-state index contributed by atoms with van der Waals surface area (Å²) in [6.07, 6.45) is 5.68. The Kier molecular flexibility index (Phi) is 9.45. The standard InChI is InChI=1S/C29H39NO4/c1-5-33-28(32)15-14-23-10-8-9-13-27(23)21(2)34-20-26(31)19-30-29(3,4)18-22-16-24-11-6-7-12-25(24)17-22/h6-15,21-22,26,30-31H,5,16-20H2,1-4H3/t21-,26-/m1/s1. The number of aliphatic hydroxyl groups is 1. The van der Waals surface area contributed by atoms with Gasteiger partial charge in [-0.1, -0.05) is 48.5 Å². The lowest BCUT2D eigenvalue weighted by molar-refractivity contribution is -0.137. The molecule has 1 aliphatic rings. The number of hydrogen-bond donors (Lipinski definition) is 2. The van der Waals surface area contributed by atoms with Crippen molar-refractivity contribution in [2.24, 2.45) is 5.92 Å². The molecular weight excluding hydrogens is 426 g/mol. The van der Waals surface area contributed by atoms with Gasteiger partial charge < -0.3 is 19.9 Å². The molecule has 2 N–H and O–H groups in total. The quantitative estimate of drug-likeness (QED) is 0.346. The molecule has 0 fully saturated rings. The molecule has 0 amide bonds. The van der Waals surface area contributed by atoms with Gasteiger partial charge in [0.25, 0.3) is 0 Å². The van der Waals surface area contributed by atoms with Crippen molar-refractivity contribution in [3.05, 3.63) is 76.9 Å². The van der Waals surface area contributed by atoms with Crippen LogP contribution >= 0.6 is 0 Å². The van der Waals surface area contributed by atoms with E-state index in [1.807, 2.05) is 31.2 Å². The van der Waals surface area contributed by atoms with Gasteiger partial charge in [-0.05, 0) is 81.2 Å². The third-order valence-electron chi connectivity index (χ3n) is 6.41. The number of aliphatic hydroxyl groups excluding tert-OH is 1. The fourth-order valence-corrected chi connectivity index (χ4v) is 4.77. The number of β-amino-alcohol motifs (C(OH)–C–C–N with tert-alkyl or cyclic N) is 1. The van der Waals surface area contributed by atoms with Gasteiger partial charge in [-0.25, -0.2) is 4.79 Å². The van der Waals surface area contributed by atoms with Gasteiger partial charge in [-0.3, -0.25) is 0 Å². The second kappa shape index (κ2) is 12.3. The molecule has 1 aliphatic carbocycles. The van der Waals surface area contributed by atoms with Gasteiger partial charge in [0.15, 0.2) is 0 Å². The van der Waals surface area contributed by atoms with Crippen molar-refractivity contribution in [3.8, 4) is 0 Å². The van der Waals surface area contributed by atoms with Crippen LogP contribution in [0.1, 0.15) is 62.5 Å². The topological polar surface area (TPSA) is 67.8 Å². The Morgan fingerprint density at radius 3 is 2.47 bits per heavy atom. The number of hydrogen-bond acceptors (Lipinski definition) is 5. The maximum Gasteiger partial charge on any atom is 0.330 e. The number of esters is 1. The van der Waals surface area contributed by atoms with Crippen LogP contribution in [-0.2, 0) is 27.1 Å². The predicted octanol–water partition coefficient (Wildman–Crippen LogP) is 4.87. The summed E-state index contributed by atoms with van der Waals surface area (Å²) in [5, 5.41) is 14.1. The monoisotopic (exact) mass is 465 g/mol. The lowest BCUT2D eigenvalue weighted by Crippen LogP contribution is -2.45. The highest BCUT2D eigenvalue weighted by Crippen LogP contribution is 2.32. The van der Waals surface area contributed by atoms with Crippen LogP contribution in [-0.4, -0.2) is 42.5 Å². The first-order chi connectivity index (χ1) is 16.3. The summed E-state index contributed by atoms with van der Waals surface area (Å²) in [5.74, 6) is 0.268.